The Labute approximate surface area is 107 Å². The second-order valence-electron chi connectivity index (χ2n) is 4.42. The van der Waals surface area contributed by atoms with Crippen molar-refractivity contribution in [2.24, 2.45) is 0 Å². The minimum Gasteiger partial charge on any atom is -0.344 e. The van der Waals surface area contributed by atoms with Crippen LogP contribution in [0.15, 0.2) is 0 Å². The monoisotopic (exact) mass is 303 g/mol. The van der Waals surface area contributed by atoms with Crippen LogP contribution in [-0.4, -0.2) is 53.2 Å². The number of rotatable bonds is 9. The van der Waals surface area contributed by atoms with Crippen LogP contribution in [0.3, 0.4) is 0 Å². The Balaban J connectivity index is 3.52. The quantitative estimate of drug-likeness (QED) is 0.402. The predicted molar refractivity (Wildman–Crippen MR) is 75.1 cm³/mol. The molecule has 0 aromatic rings. The van der Waals surface area contributed by atoms with Crippen molar-refractivity contribution < 1.29 is 13.2 Å². The number of nitrogens with one attached hydrogen (secondary N) is 3. The largest absolute Gasteiger partial charge is 0.388 e. The van der Waals surface area contributed by atoms with E-state index in [-0.39, 0.29) is 9.68 Å². The molecule has 0 heterocycles. The smallest absolute Gasteiger partial charge is 0.344 e. The van der Waals surface area contributed by atoms with Crippen LogP contribution in [-0.2, 0) is 0 Å². The summed E-state index contributed by atoms with van der Waals surface area (Å²) >= 11 is 0. The van der Waals surface area contributed by atoms with Gasteiger partial charge >= 0.3 is 6.18 Å². The maximum atomic E-state index is 12.0. The summed E-state index contributed by atoms with van der Waals surface area (Å²) in [6.45, 7) is 4.15. The number of halogens is 3. The Kier molecular flexibility index (Phi) is 9.45. The summed E-state index contributed by atoms with van der Waals surface area (Å²) in [5, 5.41) is 0. The summed E-state index contributed by atoms with van der Waals surface area (Å²) in [5.74, 6) is 0. The molecule has 0 rings (SSSR count). The average Bonchev–Trinajstić information content (AvgIpc) is 2.23. The van der Waals surface area contributed by atoms with E-state index in [0.717, 1.165) is 12.3 Å². The molecule has 2 atom stereocenters. The van der Waals surface area contributed by atoms with Crippen molar-refractivity contribution in [2.45, 2.75) is 31.7 Å². The minimum absolute atomic E-state index is 0.177. The van der Waals surface area contributed by atoms with Gasteiger partial charge in [0.05, 0.1) is 0 Å². The minimum atomic E-state index is -4.00. The zero-order valence-corrected chi connectivity index (χ0v) is 14.5. The molecule has 0 aliphatic carbocycles. The van der Waals surface area contributed by atoms with Crippen molar-refractivity contribution in [1.82, 2.24) is 14.9 Å². The van der Waals surface area contributed by atoms with Crippen LogP contribution >= 0.6 is 0 Å². The lowest BCUT2D eigenvalue weighted by Gasteiger charge is -2.17. The molecule has 0 aliphatic rings. The predicted octanol–water partition coefficient (Wildman–Crippen LogP) is -0.375. The Morgan fingerprint density at radius 3 is 2.29 bits per heavy atom. The second-order valence-corrected chi connectivity index (χ2v) is 11.5. The maximum Gasteiger partial charge on any atom is 0.388 e. The summed E-state index contributed by atoms with van der Waals surface area (Å²) in [6.07, 6.45) is -2.65. The van der Waals surface area contributed by atoms with Gasteiger partial charge in [0.1, 0.15) is 27.6 Å². The van der Waals surface area contributed by atoms with Crippen molar-refractivity contribution in [1.29, 1.82) is 0 Å². The molecule has 0 bridgehead atoms. The van der Waals surface area contributed by atoms with Crippen LogP contribution in [0.4, 0.5) is 13.2 Å². The molecule has 17 heavy (non-hydrogen) atoms. The highest BCUT2D eigenvalue weighted by atomic mass is 28.3. The van der Waals surface area contributed by atoms with Gasteiger partial charge in [-0.05, 0) is 25.4 Å². The molecule has 0 aromatic carbocycles. The first-order valence-corrected chi connectivity index (χ1v) is 12.8. The Hall–Kier alpha value is 0.321. The Bertz CT molecular complexity index is 195. The first kappa shape index (κ1) is 17.3. The highest BCUT2D eigenvalue weighted by Crippen LogP contribution is 2.22. The topological polar surface area (TPSA) is 36.1 Å². The van der Waals surface area contributed by atoms with E-state index in [1.165, 1.54) is 0 Å². The second kappa shape index (κ2) is 9.28. The fraction of sp³-hybridized carbons (Fsp3) is 1.00. The molecule has 0 spiro atoms. The summed E-state index contributed by atoms with van der Waals surface area (Å²) < 4.78 is 36.0. The van der Waals surface area contributed by atoms with E-state index in [1.54, 1.807) is 0 Å². The van der Waals surface area contributed by atoms with Crippen molar-refractivity contribution in [3.8, 4) is 0 Å². The van der Waals surface area contributed by atoms with E-state index in [1.807, 2.05) is 13.6 Å². The van der Waals surface area contributed by atoms with Crippen molar-refractivity contribution in [3.63, 3.8) is 0 Å². The fourth-order valence-corrected chi connectivity index (χ4v) is 8.31. The lowest BCUT2D eigenvalue weighted by molar-refractivity contribution is -0.130. The zero-order valence-electron chi connectivity index (χ0n) is 10.8. The SMILES string of the molecule is CN[SiH2]CN[SiH](C)CN[SiH](C)CCC(F)(F)F. The van der Waals surface area contributed by atoms with Crippen LogP contribution in [0.25, 0.3) is 0 Å². The van der Waals surface area contributed by atoms with E-state index >= 15 is 0 Å². The molecule has 3 N–H and O–H groups in total. The van der Waals surface area contributed by atoms with Gasteiger partial charge in [-0.2, -0.15) is 13.2 Å². The first-order chi connectivity index (χ1) is 7.85. The summed E-state index contributed by atoms with van der Waals surface area (Å²) in [7, 11) is -0.563. The maximum absolute atomic E-state index is 12.0. The third-order valence-corrected chi connectivity index (χ3v) is 8.51. The molecular formula is C8H24F3N3Si3. The van der Waals surface area contributed by atoms with Gasteiger partial charge in [0.25, 0.3) is 0 Å². The molecule has 0 aliphatic heterocycles. The summed E-state index contributed by atoms with van der Waals surface area (Å²) in [4.78, 5) is 9.99. The van der Waals surface area contributed by atoms with Gasteiger partial charge < -0.3 is 14.9 Å². The van der Waals surface area contributed by atoms with E-state index in [2.05, 4.69) is 21.5 Å². The molecule has 0 saturated heterocycles. The van der Waals surface area contributed by atoms with Crippen LogP contribution in [0.1, 0.15) is 6.42 Å². The van der Waals surface area contributed by atoms with Crippen molar-refractivity contribution in [3.05, 3.63) is 0 Å². The van der Waals surface area contributed by atoms with E-state index in [4.69, 9.17) is 0 Å². The van der Waals surface area contributed by atoms with Crippen LogP contribution in [0, 0.1) is 0 Å². The first-order valence-electron chi connectivity index (χ1n) is 6.03. The number of hydrogen-bond donors (Lipinski definition) is 3. The molecule has 0 fully saturated rings. The number of alkyl halides is 3. The third-order valence-electron chi connectivity index (χ3n) is 2.50. The Morgan fingerprint density at radius 2 is 1.76 bits per heavy atom. The van der Waals surface area contributed by atoms with Crippen molar-refractivity contribution >= 4 is 27.6 Å². The fourth-order valence-electron chi connectivity index (χ4n) is 1.38. The molecule has 0 saturated carbocycles. The molecule has 2 unspecified atom stereocenters. The van der Waals surface area contributed by atoms with E-state index in [9.17, 15) is 13.2 Å². The average molecular weight is 304 g/mol. The van der Waals surface area contributed by atoms with Crippen molar-refractivity contribution in [2.75, 3.05) is 19.4 Å². The molecular weight excluding hydrogens is 279 g/mol. The zero-order chi connectivity index (χ0) is 13.3. The molecule has 3 nitrogen and oxygen atoms in total. The summed E-state index contributed by atoms with van der Waals surface area (Å²) in [6, 6.07) is 0.301. The molecule has 9 heteroatoms. The lowest BCUT2D eigenvalue weighted by Crippen LogP contribution is -2.47. The van der Waals surface area contributed by atoms with E-state index < -0.39 is 30.5 Å². The van der Waals surface area contributed by atoms with E-state index in [0.29, 0.717) is 6.04 Å². The number of hydrogen-bond acceptors (Lipinski definition) is 3. The molecule has 0 aromatic heterocycles. The van der Waals surface area contributed by atoms with Gasteiger partial charge in [-0.15, -0.1) is 0 Å². The van der Waals surface area contributed by atoms with Crippen LogP contribution in [0.2, 0.25) is 19.1 Å². The Morgan fingerprint density at radius 1 is 1.12 bits per heavy atom. The summed E-state index contributed by atoms with van der Waals surface area (Å²) in [5.41, 5.74) is 0. The lowest BCUT2D eigenvalue weighted by atomic mass is 10.5. The highest BCUT2D eigenvalue weighted by Gasteiger charge is 2.27. The van der Waals surface area contributed by atoms with Gasteiger partial charge in [-0.25, -0.2) is 0 Å². The normalized spacial score (nSPS) is 16.6. The van der Waals surface area contributed by atoms with Gasteiger partial charge in [0.15, 0.2) is 0 Å². The van der Waals surface area contributed by atoms with Gasteiger partial charge in [-0.1, -0.05) is 13.1 Å². The van der Waals surface area contributed by atoms with Crippen LogP contribution < -0.4 is 14.9 Å². The third kappa shape index (κ3) is 12.6. The standard InChI is InChI=1S/C8H24F3N3Si3/c1-12-15-6-13-17(3)7-14-16(2)5-4-8(9,10)11/h12-14,16-17H,4-7,15H2,1-3H3. The molecule has 0 radical (unpaired) electrons. The van der Waals surface area contributed by atoms with Crippen LogP contribution in [0.5, 0.6) is 0 Å². The molecule has 104 valence electrons. The highest BCUT2D eigenvalue weighted by molar-refractivity contribution is 6.60. The van der Waals surface area contributed by atoms with Gasteiger partial charge in [-0.3, -0.25) is 0 Å². The van der Waals surface area contributed by atoms with Gasteiger partial charge in [0, 0.05) is 6.42 Å². The molecule has 0 amide bonds. The van der Waals surface area contributed by atoms with Gasteiger partial charge in [0.2, 0.25) is 0 Å².